The van der Waals surface area contributed by atoms with Gasteiger partial charge in [0.1, 0.15) is 0 Å². The van der Waals surface area contributed by atoms with Crippen LogP contribution in [-0.4, -0.2) is 58.0 Å². The van der Waals surface area contributed by atoms with E-state index in [9.17, 15) is 4.79 Å². The van der Waals surface area contributed by atoms with Gasteiger partial charge in [-0.1, -0.05) is 12.1 Å². The molecule has 1 amide bonds. The smallest absolute Gasteiger partial charge is 0.254 e. The second-order valence-electron chi connectivity index (χ2n) is 7.76. The number of benzene rings is 1. The molecule has 3 aromatic rings. The third-order valence-corrected chi connectivity index (χ3v) is 5.62. The van der Waals surface area contributed by atoms with E-state index < -0.39 is 0 Å². The molecular weight excluding hydrogens is 348 g/mol. The van der Waals surface area contributed by atoms with Crippen LogP contribution in [0.3, 0.4) is 0 Å². The Balaban J connectivity index is 1.40. The molecule has 0 radical (unpaired) electrons. The van der Waals surface area contributed by atoms with Crippen molar-refractivity contribution in [3.63, 3.8) is 0 Å². The predicted molar refractivity (Wildman–Crippen MR) is 113 cm³/mol. The second-order valence-corrected chi connectivity index (χ2v) is 7.76. The summed E-state index contributed by atoms with van der Waals surface area (Å²) in [6, 6.07) is 14.6. The van der Waals surface area contributed by atoms with Gasteiger partial charge in [0.05, 0.1) is 0 Å². The Morgan fingerprint density at radius 3 is 2.57 bits per heavy atom. The lowest BCUT2D eigenvalue weighted by atomic mass is 10.1. The van der Waals surface area contributed by atoms with Crippen molar-refractivity contribution in [2.24, 2.45) is 0 Å². The summed E-state index contributed by atoms with van der Waals surface area (Å²) in [5.41, 5.74) is 3.08. The van der Waals surface area contributed by atoms with Crippen LogP contribution in [0.4, 0.5) is 0 Å². The normalized spacial score (nSPS) is 15.5. The standard InChI is InChI=1S/C23H28N4O/c1-18(2)27-13-10-20-21(7-5-8-22(20)27)23(28)26-16-14-25(15-17-26)12-9-19-6-3-4-11-24-19/h3-8,10-11,13,18H,9,12,14-17H2,1-2H3. The second kappa shape index (κ2) is 8.15. The van der Waals surface area contributed by atoms with Crippen LogP contribution < -0.4 is 0 Å². The maximum atomic E-state index is 13.2. The average molecular weight is 377 g/mol. The van der Waals surface area contributed by atoms with Gasteiger partial charge in [-0.15, -0.1) is 0 Å². The van der Waals surface area contributed by atoms with Gasteiger partial charge in [0.15, 0.2) is 0 Å². The summed E-state index contributed by atoms with van der Waals surface area (Å²) < 4.78 is 2.22. The number of nitrogens with zero attached hydrogens (tertiary/aromatic N) is 4. The van der Waals surface area contributed by atoms with Crippen molar-refractivity contribution in [2.75, 3.05) is 32.7 Å². The van der Waals surface area contributed by atoms with Crippen LogP contribution in [0.25, 0.3) is 10.9 Å². The molecule has 0 N–H and O–H groups in total. The molecule has 0 spiro atoms. The zero-order valence-corrected chi connectivity index (χ0v) is 16.7. The Kier molecular flexibility index (Phi) is 5.44. The quantitative estimate of drug-likeness (QED) is 0.683. The first kappa shape index (κ1) is 18.7. The fourth-order valence-electron chi connectivity index (χ4n) is 3.99. The minimum atomic E-state index is 0.150. The molecule has 0 unspecified atom stereocenters. The summed E-state index contributed by atoms with van der Waals surface area (Å²) in [5.74, 6) is 0.150. The number of piperazine rings is 1. The first-order chi connectivity index (χ1) is 13.6. The predicted octanol–water partition coefficient (Wildman–Crippen LogP) is 3.62. The van der Waals surface area contributed by atoms with E-state index in [2.05, 4.69) is 52.7 Å². The van der Waals surface area contributed by atoms with Gasteiger partial charge in [0.2, 0.25) is 0 Å². The summed E-state index contributed by atoms with van der Waals surface area (Å²) >= 11 is 0. The van der Waals surface area contributed by atoms with Crippen LogP contribution in [0.2, 0.25) is 0 Å². The molecule has 1 aliphatic rings. The molecule has 1 aliphatic heterocycles. The molecule has 5 nitrogen and oxygen atoms in total. The molecule has 146 valence electrons. The topological polar surface area (TPSA) is 41.4 Å². The van der Waals surface area contributed by atoms with E-state index in [1.807, 2.05) is 35.4 Å². The van der Waals surface area contributed by atoms with Crippen molar-refractivity contribution in [3.8, 4) is 0 Å². The van der Waals surface area contributed by atoms with Crippen LogP contribution in [0.15, 0.2) is 54.9 Å². The summed E-state index contributed by atoms with van der Waals surface area (Å²) in [4.78, 5) is 22.0. The van der Waals surface area contributed by atoms with Gasteiger partial charge >= 0.3 is 0 Å². The van der Waals surface area contributed by atoms with E-state index >= 15 is 0 Å². The van der Waals surface area contributed by atoms with Gasteiger partial charge in [0.25, 0.3) is 5.91 Å². The van der Waals surface area contributed by atoms with E-state index in [0.717, 1.165) is 61.3 Å². The number of carbonyl (C=O) groups excluding carboxylic acids is 1. The Morgan fingerprint density at radius 2 is 1.86 bits per heavy atom. The largest absolute Gasteiger partial charge is 0.345 e. The van der Waals surface area contributed by atoms with Crippen LogP contribution in [-0.2, 0) is 6.42 Å². The summed E-state index contributed by atoms with van der Waals surface area (Å²) in [6.07, 6.45) is 4.89. The van der Waals surface area contributed by atoms with Gasteiger partial charge in [-0.3, -0.25) is 14.7 Å². The van der Waals surface area contributed by atoms with Gasteiger partial charge in [0, 0.05) is 79.7 Å². The number of fused-ring (bicyclic) bond motifs is 1. The van der Waals surface area contributed by atoms with E-state index in [1.54, 1.807) is 0 Å². The number of pyridine rings is 1. The Labute approximate surface area is 166 Å². The maximum absolute atomic E-state index is 13.2. The van der Waals surface area contributed by atoms with Gasteiger partial charge in [-0.25, -0.2) is 0 Å². The number of rotatable bonds is 5. The lowest BCUT2D eigenvalue weighted by molar-refractivity contribution is 0.0640. The van der Waals surface area contributed by atoms with E-state index in [0.29, 0.717) is 6.04 Å². The zero-order chi connectivity index (χ0) is 19.5. The lowest BCUT2D eigenvalue weighted by Gasteiger charge is -2.34. The molecule has 5 heteroatoms. The van der Waals surface area contributed by atoms with E-state index in [-0.39, 0.29) is 5.91 Å². The molecular formula is C23H28N4O. The van der Waals surface area contributed by atoms with Gasteiger partial charge < -0.3 is 9.47 Å². The number of amides is 1. The average Bonchev–Trinajstić information content (AvgIpc) is 3.17. The highest BCUT2D eigenvalue weighted by Crippen LogP contribution is 2.24. The molecule has 1 aromatic carbocycles. The zero-order valence-electron chi connectivity index (χ0n) is 16.7. The Bertz CT molecular complexity index is 940. The molecule has 3 heterocycles. The molecule has 0 bridgehead atoms. The van der Waals surface area contributed by atoms with Crippen molar-refractivity contribution < 1.29 is 4.79 Å². The SMILES string of the molecule is CC(C)n1ccc2c(C(=O)N3CCN(CCc4ccccn4)CC3)cccc21. The van der Waals surface area contributed by atoms with Crippen molar-refractivity contribution >= 4 is 16.8 Å². The minimum Gasteiger partial charge on any atom is -0.345 e. The minimum absolute atomic E-state index is 0.150. The van der Waals surface area contributed by atoms with Crippen LogP contribution >= 0.6 is 0 Å². The molecule has 4 rings (SSSR count). The first-order valence-corrected chi connectivity index (χ1v) is 10.1. The summed E-state index contributed by atoms with van der Waals surface area (Å²) in [7, 11) is 0. The highest BCUT2D eigenvalue weighted by atomic mass is 16.2. The molecule has 2 aromatic heterocycles. The third-order valence-electron chi connectivity index (χ3n) is 5.62. The van der Waals surface area contributed by atoms with Crippen LogP contribution in [0.5, 0.6) is 0 Å². The molecule has 28 heavy (non-hydrogen) atoms. The molecule has 0 aliphatic carbocycles. The lowest BCUT2D eigenvalue weighted by Crippen LogP contribution is -2.49. The fraction of sp³-hybridized carbons (Fsp3) is 0.391. The van der Waals surface area contributed by atoms with Gasteiger partial charge in [-0.05, 0) is 44.2 Å². The molecule has 0 saturated carbocycles. The number of hydrogen-bond donors (Lipinski definition) is 0. The first-order valence-electron chi connectivity index (χ1n) is 10.1. The maximum Gasteiger partial charge on any atom is 0.254 e. The number of carbonyl (C=O) groups is 1. The highest BCUT2D eigenvalue weighted by Gasteiger charge is 2.23. The number of aromatic nitrogens is 2. The highest BCUT2D eigenvalue weighted by molar-refractivity contribution is 6.06. The van der Waals surface area contributed by atoms with Crippen LogP contribution in [0, 0.1) is 0 Å². The van der Waals surface area contributed by atoms with Crippen molar-refractivity contribution in [1.82, 2.24) is 19.4 Å². The van der Waals surface area contributed by atoms with Crippen molar-refractivity contribution in [1.29, 1.82) is 0 Å². The van der Waals surface area contributed by atoms with Crippen LogP contribution in [0.1, 0.15) is 35.9 Å². The fourth-order valence-corrected chi connectivity index (χ4v) is 3.99. The Hall–Kier alpha value is -2.66. The van der Waals surface area contributed by atoms with Crippen molar-refractivity contribution in [3.05, 3.63) is 66.1 Å². The Morgan fingerprint density at radius 1 is 1.04 bits per heavy atom. The monoisotopic (exact) mass is 376 g/mol. The molecule has 1 saturated heterocycles. The molecule has 1 fully saturated rings. The third kappa shape index (κ3) is 3.80. The van der Waals surface area contributed by atoms with Crippen molar-refractivity contribution in [2.45, 2.75) is 26.3 Å². The summed E-state index contributed by atoms with van der Waals surface area (Å²) in [5, 5.41) is 1.05. The molecule has 0 atom stereocenters. The number of hydrogen-bond acceptors (Lipinski definition) is 3. The van der Waals surface area contributed by atoms with Gasteiger partial charge in [-0.2, -0.15) is 0 Å². The van der Waals surface area contributed by atoms with E-state index in [1.165, 1.54) is 0 Å². The van der Waals surface area contributed by atoms with E-state index in [4.69, 9.17) is 0 Å². The summed E-state index contributed by atoms with van der Waals surface area (Å²) in [6.45, 7) is 8.72.